The van der Waals surface area contributed by atoms with Gasteiger partial charge in [0.05, 0.1) is 17.1 Å². The number of carbonyl (C=O) groups excluding carboxylic acids is 1. The fourth-order valence-corrected chi connectivity index (χ4v) is 3.44. The van der Waals surface area contributed by atoms with E-state index in [2.05, 4.69) is 22.4 Å². The van der Waals surface area contributed by atoms with Crippen molar-refractivity contribution < 1.29 is 4.79 Å². The molecule has 0 aliphatic rings. The van der Waals surface area contributed by atoms with Crippen molar-refractivity contribution in [3.05, 3.63) is 101 Å². The Morgan fingerprint density at radius 3 is 2.50 bits per heavy atom. The van der Waals surface area contributed by atoms with E-state index in [1.807, 2.05) is 74.5 Å². The number of imidazole rings is 1. The zero-order valence-corrected chi connectivity index (χ0v) is 16.1. The molecule has 1 atom stereocenters. The molecule has 0 aliphatic carbocycles. The summed E-state index contributed by atoms with van der Waals surface area (Å²) in [6.45, 7) is 4.00. The molecule has 1 heterocycles. The van der Waals surface area contributed by atoms with Gasteiger partial charge in [-0.15, -0.1) is 0 Å². The number of benzene rings is 3. The summed E-state index contributed by atoms with van der Waals surface area (Å²) in [4.78, 5) is 21.2. The van der Waals surface area contributed by atoms with Crippen LogP contribution in [0.5, 0.6) is 0 Å². The highest BCUT2D eigenvalue weighted by molar-refractivity contribution is 5.96. The third kappa shape index (κ3) is 3.67. The Labute approximate surface area is 164 Å². The minimum absolute atomic E-state index is 0.0809. The van der Waals surface area contributed by atoms with Crippen molar-refractivity contribution in [3.63, 3.8) is 0 Å². The molecule has 0 aliphatic heterocycles. The topological polar surface area (TPSA) is 57.8 Å². The summed E-state index contributed by atoms with van der Waals surface area (Å²) in [5, 5.41) is 3.19. The second kappa shape index (κ2) is 7.69. The highest BCUT2D eigenvalue weighted by Crippen LogP contribution is 2.21. The molecule has 3 aromatic carbocycles. The number of aryl methyl sites for hydroxylation is 1. The maximum absolute atomic E-state index is 13.1. The van der Waals surface area contributed by atoms with Crippen LogP contribution in [0.15, 0.2) is 72.8 Å². The van der Waals surface area contributed by atoms with Crippen molar-refractivity contribution in [2.45, 2.75) is 26.3 Å². The van der Waals surface area contributed by atoms with Crippen molar-refractivity contribution in [2.24, 2.45) is 0 Å². The van der Waals surface area contributed by atoms with Gasteiger partial charge in [-0.25, -0.2) is 4.98 Å². The van der Waals surface area contributed by atoms with E-state index < -0.39 is 0 Å². The second-order valence-corrected chi connectivity index (χ2v) is 7.10. The van der Waals surface area contributed by atoms with Gasteiger partial charge in [0.25, 0.3) is 5.91 Å². The predicted molar refractivity (Wildman–Crippen MR) is 112 cm³/mol. The minimum Gasteiger partial charge on any atom is -0.342 e. The third-order valence-electron chi connectivity index (χ3n) is 5.17. The number of hydrogen-bond donors (Lipinski definition) is 2. The van der Waals surface area contributed by atoms with E-state index in [1.165, 1.54) is 0 Å². The average molecular weight is 369 g/mol. The van der Waals surface area contributed by atoms with E-state index in [0.29, 0.717) is 12.0 Å². The van der Waals surface area contributed by atoms with Crippen molar-refractivity contribution in [3.8, 4) is 0 Å². The van der Waals surface area contributed by atoms with Crippen LogP contribution in [0.1, 0.15) is 38.9 Å². The lowest BCUT2D eigenvalue weighted by Crippen LogP contribution is -2.31. The third-order valence-corrected chi connectivity index (χ3v) is 5.17. The van der Waals surface area contributed by atoms with Crippen molar-refractivity contribution in [2.75, 3.05) is 0 Å². The smallest absolute Gasteiger partial charge is 0.252 e. The summed E-state index contributed by atoms with van der Waals surface area (Å²) in [6.07, 6.45) is 0.664. The van der Waals surface area contributed by atoms with E-state index in [0.717, 1.165) is 33.5 Å². The van der Waals surface area contributed by atoms with Gasteiger partial charge in [-0.05, 0) is 55.2 Å². The SMILES string of the molecule is Cc1cccc(C(=O)NC(Cc2ccccc2)c2nc3ccccc3[nH]2)c1C. The first kappa shape index (κ1) is 18.0. The lowest BCUT2D eigenvalue weighted by Gasteiger charge is -2.18. The normalized spacial score (nSPS) is 12.1. The van der Waals surface area contributed by atoms with Gasteiger partial charge in [-0.1, -0.05) is 54.6 Å². The second-order valence-electron chi connectivity index (χ2n) is 7.10. The molecule has 0 bridgehead atoms. The summed E-state index contributed by atoms with van der Waals surface area (Å²) in [5.41, 5.74) is 5.83. The number of carbonyl (C=O) groups is 1. The monoisotopic (exact) mass is 369 g/mol. The van der Waals surface area contributed by atoms with E-state index >= 15 is 0 Å². The number of H-pyrrole nitrogens is 1. The molecule has 4 heteroatoms. The molecule has 4 aromatic rings. The molecule has 2 N–H and O–H groups in total. The standard InChI is InChI=1S/C24H23N3O/c1-16-9-8-12-19(17(16)2)24(28)27-22(15-18-10-4-3-5-11-18)23-25-20-13-6-7-14-21(20)26-23/h3-14,22H,15H2,1-2H3,(H,25,26)(H,27,28). The predicted octanol–water partition coefficient (Wildman–Crippen LogP) is 4.89. The van der Waals surface area contributed by atoms with E-state index in [4.69, 9.17) is 4.98 Å². The maximum Gasteiger partial charge on any atom is 0.252 e. The van der Waals surface area contributed by atoms with Crippen LogP contribution in [-0.4, -0.2) is 15.9 Å². The number of para-hydroxylation sites is 2. The molecule has 0 spiro atoms. The zero-order valence-electron chi connectivity index (χ0n) is 16.1. The van der Waals surface area contributed by atoms with Gasteiger partial charge in [0, 0.05) is 5.56 Å². The van der Waals surface area contributed by atoms with Gasteiger partial charge in [0.1, 0.15) is 5.82 Å². The van der Waals surface area contributed by atoms with Gasteiger partial charge in [-0.3, -0.25) is 4.79 Å². The van der Waals surface area contributed by atoms with Gasteiger partial charge in [0.15, 0.2) is 0 Å². The summed E-state index contributed by atoms with van der Waals surface area (Å²) in [7, 11) is 0. The Kier molecular flexibility index (Phi) is 4.94. The highest BCUT2D eigenvalue weighted by atomic mass is 16.1. The quantitative estimate of drug-likeness (QED) is 0.526. The van der Waals surface area contributed by atoms with Gasteiger partial charge >= 0.3 is 0 Å². The number of hydrogen-bond acceptors (Lipinski definition) is 2. The molecule has 0 saturated heterocycles. The first-order valence-electron chi connectivity index (χ1n) is 9.47. The average Bonchev–Trinajstić information content (AvgIpc) is 3.14. The van der Waals surface area contributed by atoms with Crippen LogP contribution >= 0.6 is 0 Å². The van der Waals surface area contributed by atoms with Crippen molar-refractivity contribution >= 4 is 16.9 Å². The number of nitrogens with zero attached hydrogens (tertiary/aromatic N) is 1. The molecule has 1 aromatic heterocycles. The summed E-state index contributed by atoms with van der Waals surface area (Å²) in [6, 6.07) is 23.6. The Morgan fingerprint density at radius 1 is 0.964 bits per heavy atom. The van der Waals surface area contributed by atoms with Crippen LogP contribution in [-0.2, 0) is 6.42 Å². The lowest BCUT2D eigenvalue weighted by molar-refractivity contribution is 0.0934. The number of aromatic nitrogens is 2. The molecule has 1 unspecified atom stereocenters. The molecule has 4 rings (SSSR count). The van der Waals surface area contributed by atoms with Crippen LogP contribution in [0.4, 0.5) is 0 Å². The largest absolute Gasteiger partial charge is 0.342 e. The molecular weight excluding hydrogens is 346 g/mol. The van der Waals surface area contributed by atoms with Crippen LogP contribution < -0.4 is 5.32 Å². The Balaban J connectivity index is 1.68. The summed E-state index contributed by atoms with van der Waals surface area (Å²) < 4.78 is 0. The maximum atomic E-state index is 13.1. The molecule has 0 radical (unpaired) electrons. The fraction of sp³-hybridized carbons (Fsp3) is 0.167. The number of rotatable bonds is 5. The minimum atomic E-state index is -0.248. The Morgan fingerprint density at radius 2 is 1.71 bits per heavy atom. The van der Waals surface area contributed by atoms with Crippen LogP contribution in [0.25, 0.3) is 11.0 Å². The molecule has 0 saturated carbocycles. The summed E-state index contributed by atoms with van der Waals surface area (Å²) >= 11 is 0. The molecule has 0 fully saturated rings. The van der Waals surface area contributed by atoms with Gasteiger partial charge in [-0.2, -0.15) is 0 Å². The Hall–Kier alpha value is -3.40. The van der Waals surface area contributed by atoms with Crippen molar-refractivity contribution in [1.29, 1.82) is 0 Å². The molecule has 28 heavy (non-hydrogen) atoms. The molecule has 140 valence electrons. The van der Waals surface area contributed by atoms with Crippen LogP contribution in [0.2, 0.25) is 0 Å². The van der Waals surface area contributed by atoms with Crippen LogP contribution in [0.3, 0.4) is 0 Å². The first-order chi connectivity index (χ1) is 13.6. The number of amides is 1. The van der Waals surface area contributed by atoms with Gasteiger partial charge in [0.2, 0.25) is 0 Å². The van der Waals surface area contributed by atoms with Crippen LogP contribution in [0, 0.1) is 13.8 Å². The number of nitrogens with one attached hydrogen (secondary N) is 2. The fourth-order valence-electron chi connectivity index (χ4n) is 3.44. The van der Waals surface area contributed by atoms with E-state index in [-0.39, 0.29) is 11.9 Å². The number of aromatic amines is 1. The Bertz CT molecular complexity index is 1080. The van der Waals surface area contributed by atoms with E-state index in [1.54, 1.807) is 0 Å². The lowest BCUT2D eigenvalue weighted by atomic mass is 10.0. The summed E-state index contributed by atoms with van der Waals surface area (Å²) in [5.74, 6) is 0.686. The van der Waals surface area contributed by atoms with Crippen molar-refractivity contribution in [1.82, 2.24) is 15.3 Å². The molecule has 4 nitrogen and oxygen atoms in total. The highest BCUT2D eigenvalue weighted by Gasteiger charge is 2.21. The number of fused-ring (bicyclic) bond motifs is 1. The first-order valence-corrected chi connectivity index (χ1v) is 9.47. The van der Waals surface area contributed by atoms with Gasteiger partial charge < -0.3 is 10.3 Å². The zero-order chi connectivity index (χ0) is 19.5. The van der Waals surface area contributed by atoms with E-state index in [9.17, 15) is 4.79 Å². The molecule has 1 amide bonds. The molecular formula is C24H23N3O.